The van der Waals surface area contributed by atoms with Crippen molar-refractivity contribution in [3.8, 4) is 16.9 Å². The van der Waals surface area contributed by atoms with Gasteiger partial charge in [0, 0.05) is 17.8 Å². The zero-order chi connectivity index (χ0) is 16.8. The minimum absolute atomic E-state index is 0.209. The van der Waals surface area contributed by atoms with Crippen molar-refractivity contribution < 1.29 is 13.9 Å². The topological polar surface area (TPSA) is 51.2 Å². The molecule has 4 nitrogen and oxygen atoms in total. The second-order valence-corrected chi connectivity index (χ2v) is 5.12. The first-order valence-electron chi connectivity index (χ1n) is 7.39. The van der Waals surface area contributed by atoms with Gasteiger partial charge in [0.15, 0.2) is 6.61 Å². The molecule has 1 N–H and O–H groups in total. The highest BCUT2D eigenvalue weighted by molar-refractivity contribution is 5.92. The van der Waals surface area contributed by atoms with Crippen molar-refractivity contribution in [2.45, 2.75) is 0 Å². The van der Waals surface area contributed by atoms with E-state index < -0.39 is 5.82 Å². The maximum Gasteiger partial charge on any atom is 0.262 e. The van der Waals surface area contributed by atoms with E-state index >= 15 is 0 Å². The SMILES string of the molecule is O=C(COc1cccc(F)c1)Nc1cncc(-c2ccccc2)c1. The standard InChI is InChI=1S/C19H15FN2O2/c20-16-7-4-8-18(10-16)24-13-19(23)22-17-9-15(11-21-12-17)14-5-2-1-3-6-14/h1-12H,13H2,(H,22,23). The highest BCUT2D eigenvalue weighted by Gasteiger charge is 2.06. The van der Waals surface area contributed by atoms with Crippen molar-refractivity contribution in [1.82, 2.24) is 4.98 Å². The molecule has 0 unspecified atom stereocenters. The Kier molecular flexibility index (Phi) is 4.81. The van der Waals surface area contributed by atoms with Crippen LogP contribution in [0, 0.1) is 5.82 Å². The van der Waals surface area contributed by atoms with E-state index in [9.17, 15) is 9.18 Å². The molecule has 0 saturated carbocycles. The number of carbonyl (C=O) groups is 1. The molecule has 0 fully saturated rings. The van der Waals surface area contributed by atoms with Gasteiger partial charge in [0.2, 0.25) is 0 Å². The van der Waals surface area contributed by atoms with Crippen LogP contribution in [-0.2, 0) is 4.79 Å². The van der Waals surface area contributed by atoms with Gasteiger partial charge in [0.1, 0.15) is 11.6 Å². The van der Waals surface area contributed by atoms with E-state index in [1.165, 1.54) is 18.2 Å². The summed E-state index contributed by atoms with van der Waals surface area (Å²) in [6.45, 7) is -0.209. The van der Waals surface area contributed by atoms with Crippen molar-refractivity contribution in [3.05, 3.63) is 78.9 Å². The first-order valence-corrected chi connectivity index (χ1v) is 7.39. The average molecular weight is 322 g/mol. The van der Waals surface area contributed by atoms with Gasteiger partial charge in [0.05, 0.1) is 11.9 Å². The minimum atomic E-state index is -0.410. The summed E-state index contributed by atoms with van der Waals surface area (Å²) in [4.78, 5) is 16.1. The van der Waals surface area contributed by atoms with Gasteiger partial charge in [0.25, 0.3) is 5.91 Å². The van der Waals surface area contributed by atoms with Gasteiger partial charge in [-0.15, -0.1) is 0 Å². The zero-order valence-electron chi connectivity index (χ0n) is 12.8. The van der Waals surface area contributed by atoms with Crippen LogP contribution in [0.1, 0.15) is 0 Å². The summed E-state index contributed by atoms with van der Waals surface area (Å²) in [5, 5.41) is 2.72. The lowest BCUT2D eigenvalue weighted by molar-refractivity contribution is -0.118. The molecule has 0 aliphatic rings. The van der Waals surface area contributed by atoms with Gasteiger partial charge in [-0.3, -0.25) is 9.78 Å². The number of aromatic nitrogens is 1. The van der Waals surface area contributed by atoms with Crippen LogP contribution in [0.2, 0.25) is 0 Å². The van der Waals surface area contributed by atoms with Gasteiger partial charge in [-0.05, 0) is 23.8 Å². The van der Waals surface area contributed by atoms with E-state index in [-0.39, 0.29) is 12.5 Å². The number of hydrogen-bond donors (Lipinski definition) is 1. The minimum Gasteiger partial charge on any atom is -0.484 e. The van der Waals surface area contributed by atoms with Gasteiger partial charge in [-0.2, -0.15) is 0 Å². The Balaban J connectivity index is 1.62. The lowest BCUT2D eigenvalue weighted by Gasteiger charge is -2.08. The lowest BCUT2D eigenvalue weighted by Crippen LogP contribution is -2.20. The fourth-order valence-corrected chi connectivity index (χ4v) is 2.20. The first kappa shape index (κ1) is 15.7. The fraction of sp³-hybridized carbons (Fsp3) is 0.0526. The second kappa shape index (κ2) is 7.37. The quantitative estimate of drug-likeness (QED) is 0.775. The summed E-state index contributed by atoms with van der Waals surface area (Å²) in [5.41, 5.74) is 2.49. The van der Waals surface area contributed by atoms with Crippen LogP contribution < -0.4 is 10.1 Å². The van der Waals surface area contributed by atoms with E-state index in [2.05, 4.69) is 10.3 Å². The van der Waals surface area contributed by atoms with Gasteiger partial charge >= 0.3 is 0 Å². The number of amides is 1. The molecule has 120 valence electrons. The number of nitrogens with one attached hydrogen (secondary N) is 1. The summed E-state index contributed by atoms with van der Waals surface area (Å²) in [6.07, 6.45) is 3.29. The van der Waals surface area contributed by atoms with E-state index in [4.69, 9.17) is 4.74 Å². The molecule has 24 heavy (non-hydrogen) atoms. The number of rotatable bonds is 5. The van der Waals surface area contributed by atoms with Gasteiger partial charge < -0.3 is 10.1 Å². The van der Waals surface area contributed by atoms with Crippen LogP contribution in [0.5, 0.6) is 5.75 Å². The van der Waals surface area contributed by atoms with Gasteiger partial charge in [-0.1, -0.05) is 36.4 Å². The number of nitrogens with zero attached hydrogens (tertiary/aromatic N) is 1. The highest BCUT2D eigenvalue weighted by atomic mass is 19.1. The van der Waals surface area contributed by atoms with Crippen LogP contribution in [0.3, 0.4) is 0 Å². The molecular weight excluding hydrogens is 307 g/mol. The molecule has 0 bridgehead atoms. The largest absolute Gasteiger partial charge is 0.484 e. The third-order valence-electron chi connectivity index (χ3n) is 3.30. The monoisotopic (exact) mass is 322 g/mol. The molecule has 0 atom stereocenters. The van der Waals surface area contributed by atoms with Gasteiger partial charge in [-0.25, -0.2) is 4.39 Å². The highest BCUT2D eigenvalue weighted by Crippen LogP contribution is 2.21. The number of ether oxygens (including phenoxy) is 1. The molecule has 1 amide bonds. The van der Waals surface area contributed by atoms with Crippen LogP contribution in [0.15, 0.2) is 73.1 Å². The second-order valence-electron chi connectivity index (χ2n) is 5.12. The summed E-state index contributed by atoms with van der Waals surface area (Å²) in [6, 6.07) is 17.2. The molecule has 3 aromatic rings. The molecule has 5 heteroatoms. The van der Waals surface area contributed by atoms with Crippen LogP contribution in [0.25, 0.3) is 11.1 Å². The Hall–Kier alpha value is -3.21. The maximum atomic E-state index is 13.1. The lowest BCUT2D eigenvalue weighted by atomic mass is 10.1. The predicted molar refractivity (Wildman–Crippen MR) is 90.2 cm³/mol. The van der Waals surface area contributed by atoms with Crippen molar-refractivity contribution in [3.63, 3.8) is 0 Å². The van der Waals surface area contributed by atoms with Crippen molar-refractivity contribution in [1.29, 1.82) is 0 Å². The average Bonchev–Trinajstić information content (AvgIpc) is 2.61. The molecule has 1 aromatic heterocycles. The summed E-state index contributed by atoms with van der Waals surface area (Å²) in [5.74, 6) is -0.444. The molecular formula is C19H15FN2O2. The van der Waals surface area contributed by atoms with Crippen LogP contribution >= 0.6 is 0 Å². The molecule has 0 radical (unpaired) electrons. The maximum absolute atomic E-state index is 13.1. The Bertz CT molecular complexity index is 838. The zero-order valence-corrected chi connectivity index (χ0v) is 12.8. The summed E-state index contributed by atoms with van der Waals surface area (Å²) in [7, 11) is 0. The number of anilines is 1. The normalized spacial score (nSPS) is 10.2. The van der Waals surface area contributed by atoms with E-state index in [1.54, 1.807) is 18.5 Å². The van der Waals surface area contributed by atoms with E-state index in [0.29, 0.717) is 11.4 Å². The number of pyridine rings is 1. The van der Waals surface area contributed by atoms with Crippen molar-refractivity contribution in [2.75, 3.05) is 11.9 Å². The fourth-order valence-electron chi connectivity index (χ4n) is 2.20. The third kappa shape index (κ3) is 4.16. The van der Waals surface area contributed by atoms with E-state index in [1.807, 2.05) is 36.4 Å². The first-order chi connectivity index (χ1) is 11.7. The molecule has 2 aromatic carbocycles. The summed E-state index contributed by atoms with van der Waals surface area (Å²) >= 11 is 0. The Labute approximate surface area is 138 Å². The molecule has 0 aliphatic heterocycles. The van der Waals surface area contributed by atoms with Crippen LogP contribution in [-0.4, -0.2) is 17.5 Å². The predicted octanol–water partition coefficient (Wildman–Crippen LogP) is 3.91. The molecule has 3 rings (SSSR count). The smallest absolute Gasteiger partial charge is 0.262 e. The number of carbonyl (C=O) groups excluding carboxylic acids is 1. The summed E-state index contributed by atoms with van der Waals surface area (Å²) < 4.78 is 18.3. The molecule has 0 aliphatic carbocycles. The Morgan fingerprint density at radius 3 is 2.62 bits per heavy atom. The number of hydrogen-bond acceptors (Lipinski definition) is 3. The van der Waals surface area contributed by atoms with Crippen molar-refractivity contribution >= 4 is 11.6 Å². The number of halogens is 1. The molecule has 0 spiro atoms. The molecule has 1 heterocycles. The molecule has 0 saturated heterocycles. The van der Waals surface area contributed by atoms with Crippen LogP contribution in [0.4, 0.5) is 10.1 Å². The Morgan fingerprint density at radius 2 is 1.83 bits per heavy atom. The number of benzene rings is 2. The Morgan fingerprint density at radius 1 is 1.00 bits per heavy atom. The third-order valence-corrected chi connectivity index (χ3v) is 3.30. The van der Waals surface area contributed by atoms with Crippen molar-refractivity contribution in [2.24, 2.45) is 0 Å². The van der Waals surface area contributed by atoms with E-state index in [0.717, 1.165) is 11.1 Å².